The van der Waals surface area contributed by atoms with Crippen molar-refractivity contribution in [2.45, 2.75) is 27.3 Å². The normalized spacial score (nSPS) is 9.94. The maximum atomic E-state index is 5.74. The second-order valence-electron chi connectivity index (χ2n) is 3.80. The van der Waals surface area contributed by atoms with Crippen molar-refractivity contribution in [3.8, 4) is 0 Å². The predicted octanol–water partition coefficient (Wildman–Crippen LogP) is 2.73. The number of imidazole rings is 1. The van der Waals surface area contributed by atoms with E-state index in [2.05, 4.69) is 16.5 Å². The highest BCUT2D eigenvalue weighted by Gasteiger charge is 2.10. The maximum Gasteiger partial charge on any atom is 0.206 e. The Hall–Kier alpha value is -1.71. The summed E-state index contributed by atoms with van der Waals surface area (Å²) in [6, 6.07) is 5.85. The first-order valence-electron chi connectivity index (χ1n) is 6.06. The fourth-order valence-electron chi connectivity index (χ4n) is 1.79. The Bertz CT molecular complexity index is 485. The van der Waals surface area contributed by atoms with E-state index in [9.17, 15) is 0 Å². The first-order chi connectivity index (χ1) is 8.13. The van der Waals surface area contributed by atoms with Gasteiger partial charge in [0, 0.05) is 26.3 Å². The molecule has 0 fully saturated rings. The average molecular weight is 234 g/mol. The third-order valence-corrected chi connectivity index (χ3v) is 2.47. The van der Waals surface area contributed by atoms with Crippen molar-refractivity contribution in [2.75, 3.05) is 24.7 Å². The zero-order valence-corrected chi connectivity index (χ0v) is 11.4. The van der Waals surface area contributed by atoms with Crippen LogP contribution in [0.2, 0.25) is 0 Å². The van der Waals surface area contributed by atoms with Gasteiger partial charge in [-0.3, -0.25) is 0 Å². The molecule has 0 bridgehead atoms. The zero-order valence-electron chi connectivity index (χ0n) is 11.4. The molecule has 17 heavy (non-hydrogen) atoms. The Morgan fingerprint density at radius 1 is 1.29 bits per heavy atom. The van der Waals surface area contributed by atoms with E-state index in [1.165, 1.54) is 0 Å². The second kappa shape index (κ2) is 5.57. The number of nitrogens with zero attached hydrogens (tertiary/aromatic N) is 3. The summed E-state index contributed by atoms with van der Waals surface area (Å²) in [5, 5.41) is 0. The molecule has 0 saturated heterocycles. The monoisotopic (exact) mass is 234 g/mol. The van der Waals surface area contributed by atoms with Gasteiger partial charge in [0.2, 0.25) is 5.95 Å². The molecule has 1 aromatic carbocycles. The van der Waals surface area contributed by atoms with Gasteiger partial charge in [0.15, 0.2) is 0 Å². The van der Waals surface area contributed by atoms with Gasteiger partial charge in [0.1, 0.15) is 0 Å². The highest BCUT2D eigenvalue weighted by atomic mass is 15.3. The number of nitrogen functional groups attached to an aromatic ring is 1. The summed E-state index contributed by atoms with van der Waals surface area (Å²) in [4.78, 5) is 6.57. The van der Waals surface area contributed by atoms with Crippen LogP contribution in [-0.2, 0) is 6.54 Å². The van der Waals surface area contributed by atoms with Crippen molar-refractivity contribution >= 4 is 22.7 Å². The summed E-state index contributed by atoms with van der Waals surface area (Å²) in [5.74, 6) is 0.970. The topological polar surface area (TPSA) is 47.1 Å². The molecule has 1 heterocycles. The van der Waals surface area contributed by atoms with E-state index >= 15 is 0 Å². The van der Waals surface area contributed by atoms with Gasteiger partial charge in [0.05, 0.1) is 11.0 Å². The van der Waals surface area contributed by atoms with E-state index in [0.29, 0.717) is 0 Å². The number of aryl methyl sites for hydroxylation is 1. The number of benzene rings is 1. The third kappa shape index (κ3) is 2.52. The van der Waals surface area contributed by atoms with E-state index in [0.717, 1.165) is 29.2 Å². The van der Waals surface area contributed by atoms with Crippen LogP contribution in [0.15, 0.2) is 18.2 Å². The van der Waals surface area contributed by atoms with Crippen molar-refractivity contribution in [3.63, 3.8) is 0 Å². The molecule has 4 heteroatoms. The summed E-state index contributed by atoms with van der Waals surface area (Å²) < 4.78 is 2.18. The number of aromatic nitrogens is 2. The predicted molar refractivity (Wildman–Crippen MR) is 75.5 cm³/mol. The third-order valence-electron chi connectivity index (χ3n) is 2.47. The number of anilines is 2. The van der Waals surface area contributed by atoms with Crippen molar-refractivity contribution in [2.24, 2.45) is 0 Å². The van der Waals surface area contributed by atoms with E-state index < -0.39 is 0 Å². The number of rotatable bonds is 2. The zero-order chi connectivity index (χ0) is 13.0. The first kappa shape index (κ1) is 13.4. The largest absolute Gasteiger partial charge is 0.399 e. The summed E-state index contributed by atoms with van der Waals surface area (Å²) in [6.45, 7) is 7.03. The molecule has 2 N–H and O–H groups in total. The lowest BCUT2D eigenvalue weighted by molar-refractivity contribution is 0.769. The molecule has 0 unspecified atom stereocenters. The molecular weight excluding hydrogens is 212 g/mol. The van der Waals surface area contributed by atoms with Crippen LogP contribution in [0, 0.1) is 0 Å². The average Bonchev–Trinajstić information content (AvgIpc) is 2.69. The summed E-state index contributed by atoms with van der Waals surface area (Å²) >= 11 is 0. The minimum absolute atomic E-state index is 0.758. The molecular formula is C13H22N4. The second-order valence-corrected chi connectivity index (χ2v) is 3.80. The Kier molecular flexibility index (Phi) is 4.37. The number of nitrogens with two attached hydrogens (primary N) is 1. The van der Waals surface area contributed by atoms with Gasteiger partial charge in [0.25, 0.3) is 0 Å². The highest BCUT2D eigenvalue weighted by molar-refractivity contribution is 5.82. The Balaban J connectivity index is 0.000000686. The molecule has 1 aromatic heterocycles. The molecule has 0 radical (unpaired) electrons. The fourth-order valence-corrected chi connectivity index (χ4v) is 1.79. The summed E-state index contributed by atoms with van der Waals surface area (Å²) in [6.07, 6.45) is 0. The van der Waals surface area contributed by atoms with Crippen LogP contribution in [0.4, 0.5) is 11.6 Å². The molecule has 0 spiro atoms. The lowest BCUT2D eigenvalue weighted by Gasteiger charge is -2.12. The van der Waals surface area contributed by atoms with Gasteiger partial charge in [-0.05, 0) is 25.1 Å². The smallest absolute Gasteiger partial charge is 0.206 e. The van der Waals surface area contributed by atoms with Gasteiger partial charge in [-0.15, -0.1) is 0 Å². The minimum atomic E-state index is 0.758. The van der Waals surface area contributed by atoms with Crippen LogP contribution in [0.25, 0.3) is 11.0 Å². The molecule has 2 aromatic rings. The molecule has 4 nitrogen and oxygen atoms in total. The van der Waals surface area contributed by atoms with E-state index in [1.54, 1.807) is 0 Å². The van der Waals surface area contributed by atoms with Crippen molar-refractivity contribution in [1.29, 1.82) is 0 Å². The molecule has 94 valence electrons. The molecule has 0 aliphatic rings. The van der Waals surface area contributed by atoms with Crippen molar-refractivity contribution in [1.82, 2.24) is 9.55 Å². The number of hydrogen-bond acceptors (Lipinski definition) is 3. The van der Waals surface area contributed by atoms with Gasteiger partial charge in [-0.1, -0.05) is 13.8 Å². The Morgan fingerprint density at radius 2 is 1.94 bits per heavy atom. The molecule has 0 atom stereocenters. The molecule has 0 saturated carbocycles. The van der Waals surface area contributed by atoms with Crippen LogP contribution >= 0.6 is 0 Å². The van der Waals surface area contributed by atoms with Gasteiger partial charge in [-0.2, -0.15) is 0 Å². The Morgan fingerprint density at radius 3 is 2.47 bits per heavy atom. The van der Waals surface area contributed by atoms with Crippen LogP contribution in [-0.4, -0.2) is 23.6 Å². The maximum absolute atomic E-state index is 5.74. The molecule has 0 aliphatic heterocycles. The van der Waals surface area contributed by atoms with E-state index in [1.807, 2.05) is 51.0 Å². The van der Waals surface area contributed by atoms with E-state index in [-0.39, 0.29) is 0 Å². The van der Waals surface area contributed by atoms with E-state index in [4.69, 9.17) is 5.73 Å². The molecule has 0 amide bonds. The number of fused-ring (bicyclic) bond motifs is 1. The van der Waals surface area contributed by atoms with Crippen LogP contribution in [0.3, 0.4) is 0 Å². The van der Waals surface area contributed by atoms with Gasteiger partial charge < -0.3 is 15.2 Å². The van der Waals surface area contributed by atoms with Gasteiger partial charge in [-0.25, -0.2) is 4.98 Å². The van der Waals surface area contributed by atoms with Crippen LogP contribution in [0.1, 0.15) is 20.8 Å². The lowest BCUT2D eigenvalue weighted by atomic mass is 10.3. The minimum Gasteiger partial charge on any atom is -0.399 e. The quantitative estimate of drug-likeness (QED) is 0.813. The molecule has 0 aliphatic carbocycles. The SMILES string of the molecule is CC.CCn1c(N(C)C)nc2cc(N)ccc21. The lowest BCUT2D eigenvalue weighted by Crippen LogP contribution is -2.14. The highest BCUT2D eigenvalue weighted by Crippen LogP contribution is 2.22. The number of hydrogen-bond donors (Lipinski definition) is 1. The van der Waals surface area contributed by atoms with Crippen LogP contribution < -0.4 is 10.6 Å². The fraction of sp³-hybridized carbons (Fsp3) is 0.462. The molecule has 2 rings (SSSR count). The van der Waals surface area contributed by atoms with Crippen molar-refractivity contribution in [3.05, 3.63) is 18.2 Å². The van der Waals surface area contributed by atoms with Crippen LogP contribution in [0.5, 0.6) is 0 Å². The van der Waals surface area contributed by atoms with Gasteiger partial charge >= 0.3 is 0 Å². The summed E-state index contributed by atoms with van der Waals surface area (Å²) in [5.41, 5.74) is 8.59. The van der Waals surface area contributed by atoms with Crippen molar-refractivity contribution < 1.29 is 0 Å². The standard InChI is InChI=1S/C11H16N4.C2H6/c1-4-15-10-6-5-8(12)7-9(10)13-11(15)14(2)3;1-2/h5-7H,4,12H2,1-3H3;1-2H3. The first-order valence-corrected chi connectivity index (χ1v) is 6.06. The Labute approximate surface area is 103 Å². The summed E-state index contributed by atoms with van der Waals surface area (Å²) in [7, 11) is 3.99.